The van der Waals surface area contributed by atoms with Gasteiger partial charge in [-0.25, -0.2) is 0 Å². The molecule has 0 aliphatic carbocycles. The van der Waals surface area contributed by atoms with Crippen molar-refractivity contribution in [3.63, 3.8) is 0 Å². The van der Waals surface area contributed by atoms with Crippen LogP contribution in [0.3, 0.4) is 0 Å². The molecule has 0 unspecified atom stereocenters. The summed E-state index contributed by atoms with van der Waals surface area (Å²) in [6, 6.07) is 20.3. The van der Waals surface area contributed by atoms with E-state index < -0.39 is 0 Å². The van der Waals surface area contributed by atoms with Gasteiger partial charge in [-0.1, -0.05) is 50.2 Å². The van der Waals surface area contributed by atoms with Gasteiger partial charge in [-0.15, -0.1) is 11.3 Å². The highest BCUT2D eigenvalue weighted by atomic mass is 32.1. The van der Waals surface area contributed by atoms with Crippen LogP contribution in [-0.2, 0) is 5.41 Å². The van der Waals surface area contributed by atoms with Gasteiger partial charge in [-0.2, -0.15) is 0 Å². The SMILES string of the molecule is CN1CN2c3ccc4c(sc5ccccc54)c3C(C)(C)c3cccc1c32. The first-order valence-electron chi connectivity index (χ1n) is 9.14. The molecule has 2 aliphatic rings. The minimum atomic E-state index is -0.0112. The van der Waals surface area contributed by atoms with E-state index >= 15 is 0 Å². The highest BCUT2D eigenvalue weighted by molar-refractivity contribution is 7.26. The quantitative estimate of drug-likeness (QED) is 0.368. The van der Waals surface area contributed by atoms with E-state index in [4.69, 9.17) is 0 Å². The van der Waals surface area contributed by atoms with Crippen molar-refractivity contribution in [3.8, 4) is 0 Å². The van der Waals surface area contributed by atoms with Gasteiger partial charge in [0.25, 0.3) is 0 Å². The fraction of sp³-hybridized carbons (Fsp3) is 0.217. The van der Waals surface area contributed by atoms with Crippen LogP contribution in [-0.4, -0.2) is 13.7 Å². The lowest BCUT2D eigenvalue weighted by atomic mass is 9.73. The molecule has 3 heteroatoms. The van der Waals surface area contributed by atoms with Crippen LogP contribution < -0.4 is 9.80 Å². The predicted octanol–water partition coefficient (Wildman–Crippen LogP) is 6.24. The summed E-state index contributed by atoms with van der Waals surface area (Å²) in [7, 11) is 2.19. The van der Waals surface area contributed by atoms with Crippen LogP contribution in [0.25, 0.3) is 20.2 Å². The second kappa shape index (κ2) is 4.60. The minimum Gasteiger partial charge on any atom is -0.355 e. The highest BCUT2D eigenvalue weighted by Gasteiger charge is 2.42. The Morgan fingerprint density at radius 3 is 2.62 bits per heavy atom. The largest absolute Gasteiger partial charge is 0.355 e. The molecular formula is C23H20N2S. The molecule has 0 amide bonds. The zero-order valence-electron chi connectivity index (χ0n) is 15.2. The number of benzene rings is 3. The molecule has 0 saturated carbocycles. The van der Waals surface area contributed by atoms with E-state index in [1.54, 1.807) is 0 Å². The average molecular weight is 356 g/mol. The fourth-order valence-corrected chi connectivity index (χ4v) is 6.33. The summed E-state index contributed by atoms with van der Waals surface area (Å²) < 4.78 is 2.82. The highest BCUT2D eigenvalue weighted by Crippen LogP contribution is 2.57. The Labute approximate surface area is 157 Å². The van der Waals surface area contributed by atoms with Gasteiger partial charge in [0.1, 0.15) is 0 Å². The number of rotatable bonds is 0. The zero-order valence-corrected chi connectivity index (χ0v) is 16.0. The molecule has 2 nitrogen and oxygen atoms in total. The molecule has 3 aromatic carbocycles. The van der Waals surface area contributed by atoms with Crippen molar-refractivity contribution in [1.82, 2.24) is 0 Å². The van der Waals surface area contributed by atoms with Crippen molar-refractivity contribution in [2.75, 3.05) is 23.5 Å². The van der Waals surface area contributed by atoms with Gasteiger partial charge in [0.15, 0.2) is 0 Å². The number of nitrogens with zero attached hydrogens (tertiary/aromatic N) is 2. The number of hydrogen-bond acceptors (Lipinski definition) is 3. The van der Waals surface area contributed by atoms with Crippen molar-refractivity contribution in [2.45, 2.75) is 19.3 Å². The molecule has 0 saturated heterocycles. The van der Waals surface area contributed by atoms with Crippen molar-refractivity contribution in [3.05, 3.63) is 65.7 Å². The van der Waals surface area contributed by atoms with E-state index in [0.29, 0.717) is 0 Å². The van der Waals surface area contributed by atoms with E-state index in [-0.39, 0.29) is 5.41 Å². The molecule has 128 valence electrons. The Bertz CT molecular complexity index is 1220. The van der Waals surface area contributed by atoms with Crippen LogP contribution in [0.4, 0.5) is 17.1 Å². The third-order valence-corrected chi connectivity index (χ3v) is 7.37. The summed E-state index contributed by atoms with van der Waals surface area (Å²) >= 11 is 1.94. The molecule has 0 atom stereocenters. The molecule has 0 radical (unpaired) electrons. The first-order chi connectivity index (χ1) is 12.6. The summed E-state index contributed by atoms with van der Waals surface area (Å²) in [5.41, 5.74) is 7.03. The van der Waals surface area contributed by atoms with Gasteiger partial charge in [-0.3, -0.25) is 0 Å². The van der Waals surface area contributed by atoms with Crippen molar-refractivity contribution >= 4 is 48.6 Å². The van der Waals surface area contributed by atoms with Crippen LogP contribution in [0.15, 0.2) is 54.6 Å². The molecule has 0 spiro atoms. The first kappa shape index (κ1) is 14.6. The van der Waals surface area contributed by atoms with Crippen molar-refractivity contribution in [2.24, 2.45) is 0 Å². The molecule has 26 heavy (non-hydrogen) atoms. The molecule has 0 N–H and O–H groups in total. The predicted molar refractivity (Wildman–Crippen MR) is 113 cm³/mol. The zero-order chi connectivity index (χ0) is 17.6. The Balaban J connectivity index is 1.77. The number of anilines is 3. The summed E-state index contributed by atoms with van der Waals surface area (Å²) in [5.74, 6) is 0. The molecule has 2 aliphatic heterocycles. The molecule has 0 fully saturated rings. The van der Waals surface area contributed by atoms with Crippen molar-refractivity contribution in [1.29, 1.82) is 0 Å². The third-order valence-electron chi connectivity index (χ3n) is 6.16. The molecular weight excluding hydrogens is 336 g/mol. The van der Waals surface area contributed by atoms with E-state index in [9.17, 15) is 0 Å². The lowest BCUT2D eigenvalue weighted by Gasteiger charge is -2.39. The maximum atomic E-state index is 2.51. The molecule has 4 aromatic rings. The smallest absolute Gasteiger partial charge is 0.0950 e. The van der Waals surface area contributed by atoms with Gasteiger partial charge in [0, 0.05) is 43.9 Å². The van der Waals surface area contributed by atoms with Crippen LogP contribution in [0, 0.1) is 0 Å². The van der Waals surface area contributed by atoms with E-state index in [1.165, 1.54) is 48.4 Å². The fourth-order valence-electron chi connectivity index (χ4n) is 4.93. The minimum absolute atomic E-state index is 0.0112. The molecule has 6 rings (SSSR count). The number of fused-ring (bicyclic) bond motifs is 6. The van der Waals surface area contributed by atoms with E-state index in [0.717, 1.165) is 6.67 Å². The van der Waals surface area contributed by atoms with Gasteiger partial charge in [0.2, 0.25) is 0 Å². The maximum absolute atomic E-state index is 2.51. The second-order valence-corrected chi connectivity index (χ2v) is 9.05. The van der Waals surface area contributed by atoms with Gasteiger partial charge in [0.05, 0.1) is 18.0 Å². The summed E-state index contributed by atoms with van der Waals surface area (Å²) in [6.07, 6.45) is 0. The first-order valence-corrected chi connectivity index (χ1v) is 9.96. The van der Waals surface area contributed by atoms with Crippen LogP contribution in [0.1, 0.15) is 25.0 Å². The second-order valence-electron chi connectivity index (χ2n) is 8.00. The summed E-state index contributed by atoms with van der Waals surface area (Å²) in [5, 5.41) is 2.77. The molecule has 1 aromatic heterocycles. The van der Waals surface area contributed by atoms with Crippen LogP contribution in [0.5, 0.6) is 0 Å². The maximum Gasteiger partial charge on any atom is 0.0950 e. The molecule has 0 bridgehead atoms. The number of thiophene rings is 1. The topological polar surface area (TPSA) is 6.48 Å². The lowest BCUT2D eigenvalue weighted by Crippen LogP contribution is -2.33. The Morgan fingerprint density at radius 1 is 0.885 bits per heavy atom. The summed E-state index contributed by atoms with van der Waals surface area (Å²) in [4.78, 5) is 4.87. The Hall–Kier alpha value is -2.52. The van der Waals surface area contributed by atoms with Crippen LogP contribution in [0.2, 0.25) is 0 Å². The van der Waals surface area contributed by atoms with E-state index in [1.807, 2.05) is 11.3 Å². The van der Waals surface area contributed by atoms with Gasteiger partial charge >= 0.3 is 0 Å². The average Bonchev–Trinajstić information content (AvgIpc) is 3.18. The monoisotopic (exact) mass is 356 g/mol. The van der Waals surface area contributed by atoms with Crippen LogP contribution >= 0.6 is 11.3 Å². The van der Waals surface area contributed by atoms with Gasteiger partial charge in [-0.05, 0) is 23.8 Å². The molecule has 3 heterocycles. The third kappa shape index (κ3) is 1.58. The summed E-state index contributed by atoms with van der Waals surface area (Å²) in [6.45, 7) is 5.70. The Kier molecular flexibility index (Phi) is 2.59. The Morgan fingerprint density at radius 2 is 1.73 bits per heavy atom. The normalized spacial score (nSPS) is 17.0. The standard InChI is InChI=1S/C23H20N2S/c1-23(2)16-8-6-9-18-21(16)25(13-24(18)3)17-12-11-15-14-7-4-5-10-19(14)26-22(15)20(17)23/h4-12H,13H2,1-3H3. The number of hydrogen-bond donors (Lipinski definition) is 0. The van der Waals surface area contributed by atoms with Gasteiger partial charge < -0.3 is 9.80 Å². The van der Waals surface area contributed by atoms with E-state index in [2.05, 4.69) is 85.3 Å². The van der Waals surface area contributed by atoms with Crippen molar-refractivity contribution < 1.29 is 0 Å². The number of para-hydroxylation sites is 1. The lowest BCUT2D eigenvalue weighted by molar-refractivity contribution is 0.636.